The number of hydrogen-bond donors (Lipinski definition) is 2. The first kappa shape index (κ1) is 13.4. The van der Waals surface area contributed by atoms with Gasteiger partial charge >= 0.3 is 0 Å². The van der Waals surface area contributed by atoms with Crippen LogP contribution in [-0.4, -0.2) is 29.0 Å². The third-order valence-electron chi connectivity index (χ3n) is 3.36. The molecule has 0 saturated heterocycles. The van der Waals surface area contributed by atoms with Crippen molar-refractivity contribution in [1.82, 2.24) is 9.97 Å². The summed E-state index contributed by atoms with van der Waals surface area (Å²) in [5, 5.41) is 5.93. The average Bonchev–Trinajstić information content (AvgIpc) is 2.90. The van der Waals surface area contributed by atoms with Crippen molar-refractivity contribution >= 4 is 17.5 Å². The zero-order valence-electron chi connectivity index (χ0n) is 11.9. The minimum Gasteiger partial charge on any atom is -0.481 e. The lowest BCUT2D eigenvalue weighted by Crippen LogP contribution is -2.33. The van der Waals surface area contributed by atoms with E-state index in [1.54, 1.807) is 6.07 Å². The lowest BCUT2D eigenvalue weighted by Gasteiger charge is -2.11. The molecule has 0 spiro atoms. The highest BCUT2D eigenvalue weighted by Gasteiger charge is 2.26. The summed E-state index contributed by atoms with van der Waals surface area (Å²) in [6.07, 6.45) is 0.658. The molecule has 0 bridgehead atoms. The van der Waals surface area contributed by atoms with Crippen LogP contribution in [0.5, 0.6) is 5.88 Å². The molecule has 2 heterocycles. The maximum Gasteiger partial charge on any atom is 0.249 e. The molecule has 6 nitrogen and oxygen atoms in total. The predicted molar refractivity (Wildman–Crippen MR) is 79.5 cm³/mol. The number of fused-ring (bicyclic) bond motifs is 1. The Morgan fingerprint density at radius 1 is 1.38 bits per heavy atom. The molecular weight excluding hydrogens is 268 g/mol. The van der Waals surface area contributed by atoms with Crippen LogP contribution in [0, 0.1) is 6.92 Å². The molecule has 2 aromatic rings. The van der Waals surface area contributed by atoms with E-state index in [0.717, 1.165) is 16.9 Å². The molecule has 2 N–H and O–H groups in total. The van der Waals surface area contributed by atoms with Gasteiger partial charge in [0.1, 0.15) is 6.04 Å². The van der Waals surface area contributed by atoms with Gasteiger partial charge in [0.25, 0.3) is 0 Å². The number of carbonyl (C=O) groups excluding carboxylic acids is 1. The van der Waals surface area contributed by atoms with Crippen molar-refractivity contribution in [3.05, 3.63) is 41.6 Å². The highest BCUT2D eigenvalue weighted by atomic mass is 16.5. The fourth-order valence-electron chi connectivity index (χ4n) is 2.35. The number of nitrogens with one attached hydrogen (secondary N) is 2. The Kier molecular flexibility index (Phi) is 3.43. The van der Waals surface area contributed by atoms with Crippen molar-refractivity contribution in [2.75, 3.05) is 17.7 Å². The minimum atomic E-state index is -0.308. The van der Waals surface area contributed by atoms with E-state index in [1.807, 2.05) is 31.2 Å². The predicted octanol–water partition coefficient (Wildman–Crippen LogP) is 1.77. The number of rotatable bonds is 3. The van der Waals surface area contributed by atoms with Crippen molar-refractivity contribution in [3.8, 4) is 5.88 Å². The lowest BCUT2D eigenvalue weighted by molar-refractivity contribution is -0.116. The smallest absolute Gasteiger partial charge is 0.249 e. The average molecular weight is 284 g/mol. The van der Waals surface area contributed by atoms with Crippen molar-refractivity contribution in [3.63, 3.8) is 0 Å². The molecule has 21 heavy (non-hydrogen) atoms. The highest BCUT2D eigenvalue weighted by molar-refractivity contribution is 5.96. The molecule has 1 aromatic carbocycles. The largest absolute Gasteiger partial charge is 0.481 e. The fraction of sp³-hybridized carbons (Fsp3) is 0.267. The summed E-state index contributed by atoms with van der Waals surface area (Å²) >= 11 is 0. The van der Waals surface area contributed by atoms with E-state index in [9.17, 15) is 4.79 Å². The standard InChI is InChI=1S/C15H16N4O2/c1-9-7-13(21-2)18-15(16-9)19-14(20)12-8-10-5-3-4-6-11(10)17-12/h3-7,12,17H,8H2,1-2H3,(H,16,18,19,20). The molecule has 1 aliphatic heterocycles. The maximum absolute atomic E-state index is 12.3. The summed E-state index contributed by atoms with van der Waals surface area (Å²) in [6.45, 7) is 1.82. The Morgan fingerprint density at radius 2 is 2.19 bits per heavy atom. The maximum atomic E-state index is 12.3. The summed E-state index contributed by atoms with van der Waals surface area (Å²) in [5.41, 5.74) is 2.88. The summed E-state index contributed by atoms with van der Waals surface area (Å²) in [4.78, 5) is 20.6. The van der Waals surface area contributed by atoms with Crippen LogP contribution in [0.15, 0.2) is 30.3 Å². The van der Waals surface area contributed by atoms with E-state index < -0.39 is 0 Å². The zero-order chi connectivity index (χ0) is 14.8. The van der Waals surface area contributed by atoms with Crippen LogP contribution in [-0.2, 0) is 11.2 Å². The molecule has 1 aliphatic rings. The quantitative estimate of drug-likeness (QED) is 0.898. The Labute approximate surface area is 122 Å². The molecule has 6 heteroatoms. The van der Waals surface area contributed by atoms with Crippen molar-refractivity contribution in [2.24, 2.45) is 0 Å². The summed E-state index contributed by atoms with van der Waals surface area (Å²) < 4.78 is 5.08. The Hall–Kier alpha value is -2.63. The number of anilines is 2. The van der Waals surface area contributed by atoms with Crippen LogP contribution in [0.2, 0.25) is 0 Å². The number of benzene rings is 1. The number of hydrogen-bond acceptors (Lipinski definition) is 5. The van der Waals surface area contributed by atoms with Gasteiger partial charge in [-0.15, -0.1) is 0 Å². The molecule has 108 valence electrons. The molecule has 3 rings (SSSR count). The molecular formula is C15H16N4O2. The molecule has 1 atom stereocenters. The van der Waals surface area contributed by atoms with Crippen molar-refractivity contribution < 1.29 is 9.53 Å². The number of nitrogens with zero attached hydrogens (tertiary/aromatic N) is 2. The van der Waals surface area contributed by atoms with Crippen LogP contribution < -0.4 is 15.4 Å². The zero-order valence-corrected chi connectivity index (χ0v) is 11.9. The first-order valence-electron chi connectivity index (χ1n) is 6.70. The van der Waals surface area contributed by atoms with Gasteiger partial charge in [0, 0.05) is 23.9 Å². The fourth-order valence-corrected chi connectivity index (χ4v) is 2.35. The van der Waals surface area contributed by atoms with Gasteiger partial charge in [-0.3, -0.25) is 10.1 Å². The molecule has 0 radical (unpaired) electrons. The van der Waals surface area contributed by atoms with Gasteiger partial charge in [-0.05, 0) is 18.6 Å². The van der Waals surface area contributed by atoms with Gasteiger partial charge in [-0.2, -0.15) is 4.98 Å². The Morgan fingerprint density at radius 3 is 2.95 bits per heavy atom. The minimum absolute atomic E-state index is 0.154. The van der Waals surface area contributed by atoms with Gasteiger partial charge < -0.3 is 10.1 Å². The number of carbonyl (C=O) groups is 1. The second-order valence-corrected chi connectivity index (χ2v) is 4.92. The number of aryl methyl sites for hydroxylation is 1. The van der Waals surface area contributed by atoms with E-state index in [1.165, 1.54) is 7.11 Å². The normalized spacial score (nSPS) is 16.0. The molecule has 1 aromatic heterocycles. The van der Waals surface area contributed by atoms with E-state index in [-0.39, 0.29) is 17.9 Å². The second kappa shape index (κ2) is 5.40. The first-order chi connectivity index (χ1) is 10.2. The Bertz CT molecular complexity index is 662. The van der Waals surface area contributed by atoms with Gasteiger partial charge in [0.2, 0.25) is 17.7 Å². The highest BCUT2D eigenvalue weighted by Crippen LogP contribution is 2.25. The number of ether oxygens (including phenoxy) is 1. The summed E-state index contributed by atoms with van der Waals surface area (Å²) in [5.74, 6) is 0.536. The topological polar surface area (TPSA) is 76.1 Å². The van der Waals surface area contributed by atoms with Crippen LogP contribution >= 0.6 is 0 Å². The van der Waals surface area contributed by atoms with Gasteiger partial charge in [-0.1, -0.05) is 18.2 Å². The Balaban J connectivity index is 1.72. The third-order valence-corrected chi connectivity index (χ3v) is 3.36. The molecule has 1 unspecified atom stereocenters. The van der Waals surface area contributed by atoms with Crippen molar-refractivity contribution in [2.45, 2.75) is 19.4 Å². The van der Waals surface area contributed by atoms with E-state index in [0.29, 0.717) is 12.3 Å². The van der Waals surface area contributed by atoms with Crippen LogP contribution in [0.1, 0.15) is 11.3 Å². The third kappa shape index (κ3) is 2.79. The van der Waals surface area contributed by atoms with Crippen molar-refractivity contribution in [1.29, 1.82) is 0 Å². The van der Waals surface area contributed by atoms with Gasteiger partial charge in [0.15, 0.2) is 0 Å². The van der Waals surface area contributed by atoms with Gasteiger partial charge in [0.05, 0.1) is 7.11 Å². The molecule has 1 amide bonds. The molecule has 0 fully saturated rings. The molecule has 0 saturated carbocycles. The van der Waals surface area contributed by atoms with Crippen LogP contribution in [0.4, 0.5) is 11.6 Å². The lowest BCUT2D eigenvalue weighted by atomic mass is 10.1. The number of methoxy groups -OCH3 is 1. The van der Waals surface area contributed by atoms with Crippen LogP contribution in [0.3, 0.4) is 0 Å². The second-order valence-electron chi connectivity index (χ2n) is 4.92. The summed E-state index contributed by atoms with van der Waals surface area (Å²) in [6, 6.07) is 9.30. The van der Waals surface area contributed by atoms with E-state index in [2.05, 4.69) is 20.6 Å². The number of aromatic nitrogens is 2. The monoisotopic (exact) mass is 284 g/mol. The van der Waals surface area contributed by atoms with E-state index in [4.69, 9.17) is 4.74 Å². The molecule has 0 aliphatic carbocycles. The SMILES string of the molecule is COc1cc(C)nc(NC(=O)C2Cc3ccccc3N2)n1. The van der Waals surface area contributed by atoms with Gasteiger partial charge in [-0.25, -0.2) is 4.98 Å². The van der Waals surface area contributed by atoms with E-state index >= 15 is 0 Å². The number of para-hydroxylation sites is 1. The van der Waals surface area contributed by atoms with Crippen LogP contribution in [0.25, 0.3) is 0 Å². The number of amides is 1. The first-order valence-corrected chi connectivity index (χ1v) is 6.70. The summed E-state index contributed by atoms with van der Waals surface area (Å²) in [7, 11) is 1.53.